The molecule has 3 unspecified atom stereocenters. The summed E-state index contributed by atoms with van der Waals surface area (Å²) in [4.78, 5) is 12.0. The summed E-state index contributed by atoms with van der Waals surface area (Å²) in [5.74, 6) is 0.564. The fourth-order valence-electron chi connectivity index (χ4n) is 3.68. The van der Waals surface area contributed by atoms with Crippen LogP contribution in [-0.2, 0) is 4.79 Å². The summed E-state index contributed by atoms with van der Waals surface area (Å²) in [6.45, 7) is 0.292. The minimum absolute atomic E-state index is 0. The van der Waals surface area contributed by atoms with Gasteiger partial charge in [0.1, 0.15) is 0 Å². The number of hydrogen-bond donors (Lipinski definition) is 3. The summed E-state index contributed by atoms with van der Waals surface area (Å²) in [5.41, 5.74) is 0.845. The highest BCUT2D eigenvalue weighted by Gasteiger charge is 2.34. The third-order valence-electron chi connectivity index (χ3n) is 4.72. The van der Waals surface area contributed by atoms with Gasteiger partial charge in [-0.2, -0.15) is 0 Å². The molecular weight excluding hydrogens is 300 g/mol. The highest BCUT2D eigenvalue weighted by Crippen LogP contribution is 2.32. The number of aliphatic hydroxyl groups is 1. The van der Waals surface area contributed by atoms with Gasteiger partial charge >= 0.3 is 0 Å². The maximum Gasteiger partial charge on any atom is 0.220 e. The van der Waals surface area contributed by atoms with E-state index >= 15 is 0 Å². The van der Waals surface area contributed by atoms with Gasteiger partial charge in [0.25, 0.3) is 0 Å². The van der Waals surface area contributed by atoms with Crippen LogP contribution in [0.4, 0.5) is 0 Å². The van der Waals surface area contributed by atoms with Crippen molar-refractivity contribution < 1.29 is 9.90 Å². The molecule has 4 nitrogen and oxygen atoms in total. The van der Waals surface area contributed by atoms with Crippen molar-refractivity contribution in [2.45, 2.75) is 50.3 Å². The molecule has 2 heterocycles. The van der Waals surface area contributed by atoms with E-state index in [0.29, 0.717) is 31.0 Å². The van der Waals surface area contributed by atoms with Gasteiger partial charge in [0, 0.05) is 25.0 Å². The van der Waals surface area contributed by atoms with E-state index < -0.39 is 6.10 Å². The maximum atomic E-state index is 12.0. The molecule has 2 fully saturated rings. The van der Waals surface area contributed by atoms with Gasteiger partial charge < -0.3 is 15.7 Å². The predicted octanol–water partition coefficient (Wildman–Crippen LogP) is 2.18. The fourth-order valence-corrected chi connectivity index (χ4v) is 3.68. The van der Waals surface area contributed by atoms with Crippen LogP contribution in [0.2, 0.25) is 0 Å². The Kier molecular flexibility index (Phi) is 6.24. The van der Waals surface area contributed by atoms with E-state index in [0.717, 1.165) is 18.4 Å². The first-order valence-electron chi connectivity index (χ1n) is 7.96. The average Bonchev–Trinajstić information content (AvgIpc) is 2.84. The second-order valence-electron chi connectivity index (χ2n) is 6.41. The molecule has 2 bridgehead atoms. The maximum absolute atomic E-state index is 12.0. The van der Waals surface area contributed by atoms with E-state index in [1.54, 1.807) is 0 Å². The van der Waals surface area contributed by atoms with Crippen LogP contribution < -0.4 is 10.6 Å². The molecule has 1 amide bonds. The van der Waals surface area contributed by atoms with Crippen molar-refractivity contribution in [3.63, 3.8) is 0 Å². The highest BCUT2D eigenvalue weighted by atomic mass is 35.5. The lowest BCUT2D eigenvalue weighted by Crippen LogP contribution is -2.40. The Bertz CT molecular complexity index is 471. The molecule has 0 aliphatic carbocycles. The molecule has 122 valence electrons. The summed E-state index contributed by atoms with van der Waals surface area (Å²) < 4.78 is 0. The van der Waals surface area contributed by atoms with Crippen LogP contribution in [0.1, 0.15) is 43.8 Å². The van der Waals surface area contributed by atoms with Gasteiger partial charge in [-0.15, -0.1) is 12.4 Å². The zero-order valence-corrected chi connectivity index (χ0v) is 13.5. The number of aliphatic hydroxyl groups excluding tert-OH is 1. The first kappa shape index (κ1) is 17.3. The Morgan fingerprint density at radius 1 is 1.23 bits per heavy atom. The number of rotatable bonds is 5. The van der Waals surface area contributed by atoms with Gasteiger partial charge in [-0.3, -0.25) is 4.79 Å². The first-order chi connectivity index (χ1) is 10.2. The van der Waals surface area contributed by atoms with Crippen molar-refractivity contribution in [1.82, 2.24) is 10.6 Å². The monoisotopic (exact) mass is 324 g/mol. The number of halogens is 1. The van der Waals surface area contributed by atoms with Gasteiger partial charge in [0.15, 0.2) is 0 Å². The number of carbonyl (C=O) groups excluding carboxylic acids is 1. The number of amides is 1. The Balaban J connectivity index is 0.00000176. The number of hydrogen-bond acceptors (Lipinski definition) is 3. The van der Waals surface area contributed by atoms with Crippen molar-refractivity contribution in [1.29, 1.82) is 0 Å². The molecule has 0 spiro atoms. The van der Waals surface area contributed by atoms with Crippen LogP contribution >= 0.6 is 12.4 Å². The largest absolute Gasteiger partial charge is 0.387 e. The first-order valence-corrected chi connectivity index (χ1v) is 7.96. The molecule has 2 saturated heterocycles. The molecule has 22 heavy (non-hydrogen) atoms. The molecule has 3 rings (SSSR count). The smallest absolute Gasteiger partial charge is 0.220 e. The Hall–Kier alpha value is -1.10. The van der Waals surface area contributed by atoms with E-state index in [1.807, 2.05) is 30.3 Å². The van der Waals surface area contributed by atoms with E-state index in [9.17, 15) is 9.90 Å². The number of benzene rings is 1. The van der Waals surface area contributed by atoms with Crippen LogP contribution in [-0.4, -0.2) is 29.6 Å². The molecule has 0 saturated carbocycles. The van der Waals surface area contributed by atoms with Gasteiger partial charge in [-0.25, -0.2) is 0 Å². The SMILES string of the molecule is Cl.O=C(CC1CC2CCC(C1)N2)NCC(O)c1ccccc1. The van der Waals surface area contributed by atoms with Crippen molar-refractivity contribution >= 4 is 18.3 Å². The lowest BCUT2D eigenvalue weighted by molar-refractivity contribution is -0.122. The van der Waals surface area contributed by atoms with Crippen molar-refractivity contribution in [2.24, 2.45) is 5.92 Å². The second kappa shape index (κ2) is 7.95. The van der Waals surface area contributed by atoms with E-state index in [1.165, 1.54) is 12.8 Å². The number of piperidine rings is 1. The van der Waals surface area contributed by atoms with Gasteiger partial charge in [0.2, 0.25) is 5.91 Å². The summed E-state index contributed by atoms with van der Waals surface area (Å²) in [5, 5.41) is 16.5. The third-order valence-corrected chi connectivity index (χ3v) is 4.72. The zero-order chi connectivity index (χ0) is 14.7. The number of carbonyl (C=O) groups is 1. The highest BCUT2D eigenvalue weighted by molar-refractivity contribution is 5.85. The van der Waals surface area contributed by atoms with Crippen LogP contribution in [0.3, 0.4) is 0 Å². The van der Waals surface area contributed by atoms with E-state index in [4.69, 9.17) is 0 Å². The minimum atomic E-state index is -0.626. The van der Waals surface area contributed by atoms with Crippen molar-refractivity contribution in [2.75, 3.05) is 6.54 Å². The zero-order valence-electron chi connectivity index (χ0n) is 12.7. The Labute approximate surface area is 138 Å². The molecule has 2 aliphatic heterocycles. The molecule has 1 aromatic carbocycles. The molecular formula is C17H25ClN2O2. The van der Waals surface area contributed by atoms with Gasteiger partial charge in [-0.1, -0.05) is 30.3 Å². The van der Waals surface area contributed by atoms with Crippen LogP contribution in [0.25, 0.3) is 0 Å². The molecule has 0 radical (unpaired) electrons. The summed E-state index contributed by atoms with van der Waals surface area (Å²) >= 11 is 0. The average molecular weight is 325 g/mol. The molecule has 1 aromatic rings. The van der Waals surface area contributed by atoms with Gasteiger partial charge in [0.05, 0.1) is 6.10 Å². The van der Waals surface area contributed by atoms with Crippen molar-refractivity contribution in [3.8, 4) is 0 Å². The van der Waals surface area contributed by atoms with Crippen LogP contribution in [0, 0.1) is 5.92 Å². The molecule has 3 atom stereocenters. The second-order valence-corrected chi connectivity index (χ2v) is 6.41. The van der Waals surface area contributed by atoms with Gasteiger partial charge in [-0.05, 0) is 37.2 Å². The summed E-state index contributed by atoms with van der Waals surface area (Å²) in [7, 11) is 0. The normalized spacial score (nSPS) is 27.8. The molecule has 0 aromatic heterocycles. The molecule has 2 aliphatic rings. The van der Waals surface area contributed by atoms with Crippen LogP contribution in [0.15, 0.2) is 30.3 Å². The standard InChI is InChI=1S/C17H24N2O2.ClH/c20-16(13-4-2-1-3-5-13)11-18-17(21)10-12-8-14-6-7-15(9-12)19-14;/h1-5,12,14-16,19-20H,6-11H2,(H,18,21);1H. The molecule has 5 heteroatoms. The lowest BCUT2D eigenvalue weighted by Gasteiger charge is -2.28. The quantitative estimate of drug-likeness (QED) is 0.778. The Morgan fingerprint density at radius 3 is 2.50 bits per heavy atom. The number of nitrogens with one attached hydrogen (secondary N) is 2. The summed E-state index contributed by atoms with van der Waals surface area (Å²) in [6, 6.07) is 10.7. The topological polar surface area (TPSA) is 61.4 Å². The predicted molar refractivity (Wildman–Crippen MR) is 88.9 cm³/mol. The number of fused-ring (bicyclic) bond motifs is 2. The van der Waals surface area contributed by atoms with Crippen LogP contribution in [0.5, 0.6) is 0 Å². The van der Waals surface area contributed by atoms with E-state index in [-0.39, 0.29) is 18.3 Å². The minimum Gasteiger partial charge on any atom is -0.387 e. The van der Waals surface area contributed by atoms with Crippen molar-refractivity contribution in [3.05, 3.63) is 35.9 Å². The third kappa shape index (κ3) is 4.45. The van der Waals surface area contributed by atoms with E-state index in [2.05, 4.69) is 10.6 Å². The Morgan fingerprint density at radius 2 is 1.86 bits per heavy atom. The summed E-state index contributed by atoms with van der Waals surface area (Å²) in [6.07, 6.45) is 4.72. The lowest BCUT2D eigenvalue weighted by atomic mass is 9.89. The molecule has 3 N–H and O–H groups in total. The fraction of sp³-hybridized carbons (Fsp3) is 0.588.